The van der Waals surface area contributed by atoms with Crippen LogP contribution in [0.4, 0.5) is 5.69 Å². The number of carbonyl (C=O) groups is 2. The van der Waals surface area contributed by atoms with Gasteiger partial charge in [0.25, 0.3) is 5.91 Å². The molecule has 0 fully saturated rings. The number of amides is 1. The molecule has 5 nitrogen and oxygen atoms in total. The van der Waals surface area contributed by atoms with Gasteiger partial charge < -0.3 is 10.4 Å². The van der Waals surface area contributed by atoms with E-state index in [1.54, 1.807) is 31.2 Å². The Kier molecular flexibility index (Phi) is 4.14. The van der Waals surface area contributed by atoms with Crippen molar-refractivity contribution in [2.24, 2.45) is 0 Å². The molecule has 2 aromatic rings. The second-order valence-electron chi connectivity index (χ2n) is 4.37. The van der Waals surface area contributed by atoms with Crippen molar-refractivity contribution in [1.82, 2.24) is 4.98 Å². The maximum Gasteiger partial charge on any atom is 0.307 e. The van der Waals surface area contributed by atoms with Gasteiger partial charge in [0.15, 0.2) is 0 Å². The Balaban J connectivity index is 2.15. The van der Waals surface area contributed by atoms with Gasteiger partial charge in [0.1, 0.15) is 4.88 Å². The third-order valence-corrected chi connectivity index (χ3v) is 3.72. The lowest BCUT2D eigenvalue weighted by atomic mass is 10.1. The Morgan fingerprint density at radius 1 is 1.35 bits per heavy atom. The summed E-state index contributed by atoms with van der Waals surface area (Å²) < 4.78 is 0. The molecule has 1 aromatic heterocycles. The number of carbonyl (C=O) groups excluding carboxylic acids is 1. The molecular weight excluding hydrogens is 276 g/mol. The van der Waals surface area contributed by atoms with Crippen LogP contribution in [0.3, 0.4) is 0 Å². The van der Waals surface area contributed by atoms with E-state index in [1.165, 1.54) is 11.3 Å². The van der Waals surface area contributed by atoms with Gasteiger partial charge in [0, 0.05) is 5.69 Å². The molecule has 0 aliphatic rings. The lowest BCUT2D eigenvalue weighted by Crippen LogP contribution is -2.12. The molecule has 6 heteroatoms. The number of aliphatic carboxylic acids is 1. The van der Waals surface area contributed by atoms with Crippen molar-refractivity contribution in [3.8, 4) is 0 Å². The van der Waals surface area contributed by atoms with Crippen molar-refractivity contribution in [3.05, 3.63) is 45.4 Å². The van der Waals surface area contributed by atoms with Gasteiger partial charge >= 0.3 is 5.97 Å². The molecular formula is C14H14N2O3S. The molecule has 0 aliphatic heterocycles. The minimum absolute atomic E-state index is 0.0671. The summed E-state index contributed by atoms with van der Waals surface area (Å²) >= 11 is 1.34. The van der Waals surface area contributed by atoms with E-state index in [1.807, 2.05) is 6.92 Å². The molecule has 104 valence electrons. The number of aryl methyl sites for hydroxylation is 2. The van der Waals surface area contributed by atoms with Gasteiger partial charge in [-0.25, -0.2) is 4.98 Å². The normalized spacial score (nSPS) is 10.3. The Morgan fingerprint density at radius 2 is 2.10 bits per heavy atom. The number of aromatic nitrogens is 1. The molecule has 0 saturated heterocycles. The summed E-state index contributed by atoms with van der Waals surface area (Å²) in [6, 6.07) is 6.83. The van der Waals surface area contributed by atoms with E-state index in [4.69, 9.17) is 5.11 Å². The summed E-state index contributed by atoms with van der Waals surface area (Å²) in [5.74, 6) is -1.12. The number of thiazole rings is 1. The number of carboxylic acid groups (broad SMARTS) is 1. The van der Waals surface area contributed by atoms with Gasteiger partial charge in [-0.1, -0.05) is 12.1 Å². The van der Waals surface area contributed by atoms with Crippen molar-refractivity contribution >= 4 is 28.9 Å². The number of hydrogen-bond donors (Lipinski definition) is 2. The van der Waals surface area contributed by atoms with E-state index in [9.17, 15) is 9.59 Å². The van der Waals surface area contributed by atoms with Gasteiger partial charge in [0.05, 0.1) is 17.1 Å². The number of hydrogen-bond acceptors (Lipinski definition) is 4. The zero-order valence-electron chi connectivity index (χ0n) is 11.1. The van der Waals surface area contributed by atoms with E-state index in [0.717, 1.165) is 5.01 Å². The van der Waals surface area contributed by atoms with Crippen molar-refractivity contribution in [1.29, 1.82) is 0 Å². The summed E-state index contributed by atoms with van der Waals surface area (Å²) in [6.07, 6.45) is -0.0671. The number of anilines is 1. The molecule has 2 rings (SSSR count). The molecule has 0 aliphatic carbocycles. The highest BCUT2D eigenvalue weighted by molar-refractivity contribution is 7.13. The topological polar surface area (TPSA) is 79.3 Å². The minimum Gasteiger partial charge on any atom is -0.481 e. The number of nitrogens with zero attached hydrogens (tertiary/aromatic N) is 1. The Morgan fingerprint density at radius 3 is 2.70 bits per heavy atom. The van der Waals surface area contributed by atoms with Crippen molar-refractivity contribution in [2.45, 2.75) is 20.3 Å². The van der Waals surface area contributed by atoms with Crippen LogP contribution >= 0.6 is 11.3 Å². The van der Waals surface area contributed by atoms with Crippen LogP contribution in [0, 0.1) is 13.8 Å². The Bertz CT molecular complexity index is 664. The quantitative estimate of drug-likeness (QED) is 0.907. The molecule has 0 bridgehead atoms. The minimum atomic E-state index is -0.901. The smallest absolute Gasteiger partial charge is 0.307 e. The molecule has 1 heterocycles. The van der Waals surface area contributed by atoms with Crippen molar-refractivity contribution < 1.29 is 14.7 Å². The maximum atomic E-state index is 12.1. The van der Waals surface area contributed by atoms with E-state index in [2.05, 4.69) is 10.3 Å². The fraction of sp³-hybridized carbons (Fsp3) is 0.214. The van der Waals surface area contributed by atoms with Crippen LogP contribution in [0.15, 0.2) is 24.3 Å². The molecule has 0 atom stereocenters. The van der Waals surface area contributed by atoms with Gasteiger partial charge in [-0.3, -0.25) is 9.59 Å². The molecule has 0 spiro atoms. The highest BCUT2D eigenvalue weighted by Crippen LogP contribution is 2.19. The Labute approximate surface area is 120 Å². The highest BCUT2D eigenvalue weighted by atomic mass is 32.1. The number of benzene rings is 1. The predicted octanol–water partition coefficient (Wildman–Crippen LogP) is 2.64. The summed E-state index contributed by atoms with van der Waals surface area (Å²) in [6.45, 7) is 3.64. The fourth-order valence-electron chi connectivity index (χ4n) is 1.86. The van der Waals surface area contributed by atoms with Gasteiger partial charge in [-0.2, -0.15) is 0 Å². The van der Waals surface area contributed by atoms with Gasteiger partial charge in [0.2, 0.25) is 0 Å². The van der Waals surface area contributed by atoms with E-state index >= 15 is 0 Å². The first kappa shape index (κ1) is 14.2. The molecule has 1 aromatic carbocycles. The van der Waals surface area contributed by atoms with E-state index in [0.29, 0.717) is 21.8 Å². The largest absolute Gasteiger partial charge is 0.481 e. The van der Waals surface area contributed by atoms with Crippen molar-refractivity contribution in [2.75, 3.05) is 5.32 Å². The van der Waals surface area contributed by atoms with Crippen LogP contribution in [0.2, 0.25) is 0 Å². The van der Waals surface area contributed by atoms with Crippen LogP contribution in [0.1, 0.15) is 25.9 Å². The second kappa shape index (κ2) is 5.83. The van der Waals surface area contributed by atoms with E-state index in [-0.39, 0.29) is 12.3 Å². The third kappa shape index (κ3) is 3.42. The molecule has 2 N–H and O–H groups in total. The van der Waals surface area contributed by atoms with Crippen LogP contribution in [-0.2, 0) is 11.2 Å². The van der Waals surface area contributed by atoms with Gasteiger partial charge in [-0.15, -0.1) is 11.3 Å². The number of nitrogens with one attached hydrogen (secondary N) is 1. The van der Waals surface area contributed by atoms with Crippen LogP contribution in [0.5, 0.6) is 0 Å². The van der Waals surface area contributed by atoms with Crippen LogP contribution in [-0.4, -0.2) is 22.0 Å². The lowest BCUT2D eigenvalue weighted by molar-refractivity contribution is -0.136. The van der Waals surface area contributed by atoms with Crippen LogP contribution < -0.4 is 5.32 Å². The molecule has 0 unspecified atom stereocenters. The molecule has 20 heavy (non-hydrogen) atoms. The molecule has 0 saturated carbocycles. The summed E-state index contributed by atoms with van der Waals surface area (Å²) in [5, 5.41) is 12.4. The monoisotopic (exact) mass is 290 g/mol. The summed E-state index contributed by atoms with van der Waals surface area (Å²) in [5.41, 5.74) is 1.93. The SMILES string of the molecule is Cc1nc(C)c(C(=O)Nc2cccc(CC(=O)O)c2)s1. The van der Waals surface area contributed by atoms with Crippen molar-refractivity contribution in [3.63, 3.8) is 0 Å². The lowest BCUT2D eigenvalue weighted by Gasteiger charge is -2.05. The third-order valence-electron chi connectivity index (χ3n) is 2.65. The highest BCUT2D eigenvalue weighted by Gasteiger charge is 2.14. The first-order valence-corrected chi connectivity index (χ1v) is 6.83. The predicted molar refractivity (Wildman–Crippen MR) is 77.3 cm³/mol. The summed E-state index contributed by atoms with van der Waals surface area (Å²) in [7, 11) is 0. The zero-order chi connectivity index (χ0) is 14.7. The molecule has 0 radical (unpaired) electrons. The Hall–Kier alpha value is -2.21. The van der Waals surface area contributed by atoms with Gasteiger partial charge in [-0.05, 0) is 31.5 Å². The number of carboxylic acids is 1. The number of rotatable bonds is 4. The van der Waals surface area contributed by atoms with E-state index < -0.39 is 5.97 Å². The zero-order valence-corrected chi connectivity index (χ0v) is 12.0. The fourth-order valence-corrected chi connectivity index (χ4v) is 2.68. The second-order valence-corrected chi connectivity index (χ2v) is 5.58. The molecule has 1 amide bonds. The summed E-state index contributed by atoms with van der Waals surface area (Å²) in [4.78, 5) is 27.6. The standard InChI is InChI=1S/C14H14N2O3S/c1-8-13(20-9(2)15-8)14(19)16-11-5-3-4-10(6-11)7-12(17)18/h3-6H,7H2,1-2H3,(H,16,19)(H,17,18). The van der Waals surface area contributed by atoms with Crippen LogP contribution in [0.25, 0.3) is 0 Å². The first-order chi connectivity index (χ1) is 9.45. The first-order valence-electron chi connectivity index (χ1n) is 6.02. The average molecular weight is 290 g/mol. The average Bonchev–Trinajstić information content (AvgIpc) is 2.68. The maximum absolute atomic E-state index is 12.1.